The van der Waals surface area contributed by atoms with Gasteiger partial charge in [-0.05, 0) is 19.3 Å². The van der Waals surface area contributed by atoms with E-state index in [2.05, 4.69) is 0 Å². The van der Waals surface area contributed by atoms with E-state index in [0.29, 0.717) is 13.0 Å². The Labute approximate surface area is 90.6 Å². The average molecular weight is 216 g/mol. The number of carbonyl (C=O) groups excluding carboxylic acids is 1. The van der Waals surface area contributed by atoms with Crippen LogP contribution in [0.2, 0.25) is 0 Å². The largest absolute Gasteiger partial charge is 0.481 e. The number of hydrogen-bond acceptors (Lipinski definition) is 3. The maximum Gasteiger partial charge on any atom is 0.312 e. The van der Waals surface area contributed by atoms with Crippen molar-refractivity contribution in [1.29, 1.82) is 0 Å². The van der Waals surface area contributed by atoms with Crippen LogP contribution in [-0.4, -0.2) is 23.7 Å². The van der Waals surface area contributed by atoms with Gasteiger partial charge >= 0.3 is 11.9 Å². The molecule has 0 rings (SSSR count). The van der Waals surface area contributed by atoms with E-state index >= 15 is 0 Å². The maximum absolute atomic E-state index is 11.7. The first-order valence-electron chi connectivity index (χ1n) is 5.21. The molecule has 0 radical (unpaired) electrons. The van der Waals surface area contributed by atoms with Crippen LogP contribution in [0.3, 0.4) is 0 Å². The van der Waals surface area contributed by atoms with Gasteiger partial charge in [0.1, 0.15) is 0 Å². The highest BCUT2D eigenvalue weighted by Gasteiger charge is 2.35. The van der Waals surface area contributed by atoms with Crippen molar-refractivity contribution in [1.82, 2.24) is 0 Å². The zero-order chi connectivity index (χ0) is 12.1. The van der Waals surface area contributed by atoms with E-state index < -0.39 is 17.4 Å². The predicted octanol–water partition coefficient (Wildman–Crippen LogP) is 2.08. The summed E-state index contributed by atoms with van der Waals surface area (Å²) in [6.07, 6.45) is 0.288. The Morgan fingerprint density at radius 2 is 1.93 bits per heavy atom. The number of carboxylic acids is 1. The van der Waals surface area contributed by atoms with E-state index in [9.17, 15) is 9.59 Å². The summed E-state index contributed by atoms with van der Waals surface area (Å²) in [6.45, 7) is 7.64. The van der Waals surface area contributed by atoms with Gasteiger partial charge in [-0.1, -0.05) is 20.8 Å². The molecule has 0 saturated carbocycles. The summed E-state index contributed by atoms with van der Waals surface area (Å²) in [6, 6.07) is 0. The number of esters is 1. The zero-order valence-corrected chi connectivity index (χ0v) is 9.87. The van der Waals surface area contributed by atoms with Crippen LogP contribution in [0.5, 0.6) is 0 Å². The van der Waals surface area contributed by atoms with Crippen molar-refractivity contribution in [2.45, 2.75) is 40.5 Å². The van der Waals surface area contributed by atoms with E-state index in [1.54, 1.807) is 13.8 Å². The Morgan fingerprint density at radius 1 is 1.40 bits per heavy atom. The highest BCUT2D eigenvalue weighted by molar-refractivity contribution is 5.82. The Bertz CT molecular complexity index is 235. The fraction of sp³-hybridized carbons (Fsp3) is 0.818. The fourth-order valence-electron chi connectivity index (χ4n) is 1.09. The summed E-state index contributed by atoms with van der Waals surface area (Å²) in [5.74, 6) is -1.12. The summed E-state index contributed by atoms with van der Waals surface area (Å²) in [5, 5.41) is 8.70. The third kappa shape index (κ3) is 4.81. The summed E-state index contributed by atoms with van der Waals surface area (Å²) < 4.78 is 5.06. The molecule has 1 atom stereocenters. The van der Waals surface area contributed by atoms with Crippen LogP contribution in [0.4, 0.5) is 0 Å². The predicted molar refractivity (Wildman–Crippen MR) is 56.4 cm³/mol. The van der Waals surface area contributed by atoms with Gasteiger partial charge in [0.25, 0.3) is 0 Å². The molecule has 15 heavy (non-hydrogen) atoms. The molecule has 0 saturated heterocycles. The van der Waals surface area contributed by atoms with Gasteiger partial charge in [-0.25, -0.2) is 0 Å². The van der Waals surface area contributed by atoms with Crippen LogP contribution in [0, 0.1) is 11.3 Å². The molecule has 0 aliphatic carbocycles. The lowest BCUT2D eigenvalue weighted by Gasteiger charge is -2.24. The Kier molecular flexibility index (Phi) is 5.33. The number of ether oxygens (including phenoxy) is 1. The molecular weight excluding hydrogens is 196 g/mol. The van der Waals surface area contributed by atoms with E-state index in [1.165, 1.54) is 0 Å². The van der Waals surface area contributed by atoms with Gasteiger partial charge in [0.2, 0.25) is 0 Å². The second kappa shape index (κ2) is 5.73. The Balaban J connectivity index is 4.37. The van der Waals surface area contributed by atoms with Crippen LogP contribution >= 0.6 is 0 Å². The Morgan fingerprint density at radius 3 is 2.27 bits per heavy atom. The number of hydrogen-bond donors (Lipinski definition) is 1. The minimum atomic E-state index is -0.971. The van der Waals surface area contributed by atoms with Gasteiger partial charge < -0.3 is 9.84 Å². The highest BCUT2D eigenvalue weighted by Crippen LogP contribution is 2.27. The smallest absolute Gasteiger partial charge is 0.312 e. The molecule has 0 aliphatic rings. The first-order chi connectivity index (χ1) is 6.81. The van der Waals surface area contributed by atoms with Gasteiger partial charge in [0.15, 0.2) is 0 Å². The van der Waals surface area contributed by atoms with Crippen molar-refractivity contribution in [3.8, 4) is 0 Å². The third-order valence-corrected chi connectivity index (χ3v) is 2.36. The molecule has 4 heteroatoms. The van der Waals surface area contributed by atoms with Gasteiger partial charge in [0, 0.05) is 0 Å². The molecule has 4 nitrogen and oxygen atoms in total. The van der Waals surface area contributed by atoms with E-state index in [1.807, 2.05) is 13.8 Å². The molecule has 0 amide bonds. The summed E-state index contributed by atoms with van der Waals surface area (Å²) in [5.41, 5.74) is -0.902. The van der Waals surface area contributed by atoms with E-state index in [4.69, 9.17) is 9.84 Å². The molecule has 1 unspecified atom stereocenters. The first kappa shape index (κ1) is 13.9. The van der Waals surface area contributed by atoms with Crippen LogP contribution in [0.25, 0.3) is 0 Å². The minimum Gasteiger partial charge on any atom is -0.481 e. The first-order valence-corrected chi connectivity index (χ1v) is 5.21. The SMILES string of the molecule is CCC(C)(CC(=O)O)C(=O)OCC(C)C. The minimum absolute atomic E-state index is 0.180. The van der Waals surface area contributed by atoms with Crippen LogP contribution in [-0.2, 0) is 14.3 Å². The molecule has 88 valence electrons. The second-order valence-electron chi connectivity index (χ2n) is 4.48. The monoisotopic (exact) mass is 216 g/mol. The van der Waals surface area contributed by atoms with Crippen LogP contribution < -0.4 is 0 Å². The van der Waals surface area contributed by atoms with Crippen LogP contribution in [0.1, 0.15) is 40.5 Å². The average Bonchev–Trinajstić information content (AvgIpc) is 2.12. The summed E-state index contributed by atoms with van der Waals surface area (Å²) in [4.78, 5) is 22.3. The Hall–Kier alpha value is -1.06. The number of carbonyl (C=O) groups is 2. The maximum atomic E-state index is 11.7. The van der Waals surface area contributed by atoms with Crippen molar-refractivity contribution in [3.05, 3.63) is 0 Å². The molecule has 0 aromatic heterocycles. The summed E-state index contributed by atoms with van der Waals surface area (Å²) >= 11 is 0. The van der Waals surface area contributed by atoms with Crippen molar-refractivity contribution < 1.29 is 19.4 Å². The van der Waals surface area contributed by atoms with E-state index in [-0.39, 0.29) is 12.3 Å². The molecule has 0 heterocycles. The highest BCUT2D eigenvalue weighted by atomic mass is 16.5. The molecule has 0 fully saturated rings. The van der Waals surface area contributed by atoms with Crippen molar-refractivity contribution >= 4 is 11.9 Å². The zero-order valence-electron chi connectivity index (χ0n) is 9.87. The van der Waals surface area contributed by atoms with Gasteiger partial charge in [-0.15, -0.1) is 0 Å². The molecular formula is C11H20O4. The standard InChI is InChI=1S/C11H20O4/c1-5-11(4,6-9(12)13)10(14)15-7-8(2)3/h8H,5-7H2,1-4H3,(H,12,13). The van der Waals surface area contributed by atoms with Crippen molar-refractivity contribution in [3.63, 3.8) is 0 Å². The van der Waals surface area contributed by atoms with E-state index in [0.717, 1.165) is 0 Å². The van der Waals surface area contributed by atoms with Crippen LogP contribution in [0.15, 0.2) is 0 Å². The van der Waals surface area contributed by atoms with Gasteiger partial charge in [-0.2, -0.15) is 0 Å². The lowest BCUT2D eigenvalue weighted by molar-refractivity contribution is -0.161. The second-order valence-corrected chi connectivity index (χ2v) is 4.48. The topological polar surface area (TPSA) is 63.6 Å². The normalized spacial score (nSPS) is 14.7. The lowest BCUT2D eigenvalue weighted by Crippen LogP contribution is -2.32. The molecule has 0 spiro atoms. The molecule has 1 N–H and O–H groups in total. The number of rotatable bonds is 6. The number of aliphatic carboxylic acids is 1. The lowest BCUT2D eigenvalue weighted by atomic mass is 9.84. The van der Waals surface area contributed by atoms with Crippen molar-refractivity contribution in [2.75, 3.05) is 6.61 Å². The quantitative estimate of drug-likeness (QED) is 0.690. The third-order valence-electron chi connectivity index (χ3n) is 2.36. The van der Waals surface area contributed by atoms with Gasteiger partial charge in [-0.3, -0.25) is 9.59 Å². The van der Waals surface area contributed by atoms with Gasteiger partial charge in [0.05, 0.1) is 18.4 Å². The summed E-state index contributed by atoms with van der Waals surface area (Å²) in [7, 11) is 0. The molecule has 0 bridgehead atoms. The molecule has 0 aliphatic heterocycles. The van der Waals surface area contributed by atoms with Crippen molar-refractivity contribution in [2.24, 2.45) is 11.3 Å². The molecule has 0 aromatic carbocycles. The number of carboxylic acid groups (broad SMARTS) is 1. The molecule has 0 aromatic rings. The fourth-order valence-corrected chi connectivity index (χ4v) is 1.09.